The van der Waals surface area contributed by atoms with Crippen LogP contribution >= 0.6 is 0 Å². The Labute approximate surface area is 89.1 Å². The third-order valence-electron chi connectivity index (χ3n) is 1.76. The molecule has 2 saturated heterocycles. The molecule has 0 atom stereocenters. The van der Waals surface area contributed by atoms with Crippen LogP contribution in [0.3, 0.4) is 0 Å². The van der Waals surface area contributed by atoms with Crippen LogP contribution < -0.4 is 0 Å². The monoisotopic (exact) mass is 226 g/mol. The first-order valence-electron chi connectivity index (χ1n) is 4.64. The van der Waals surface area contributed by atoms with Gasteiger partial charge in [-0.25, -0.2) is 0 Å². The topological polar surface area (TPSA) is 28.2 Å². The van der Waals surface area contributed by atoms with Gasteiger partial charge in [-0.1, -0.05) is 25.7 Å². The zero-order valence-electron chi connectivity index (χ0n) is 7.81. The molecule has 0 aromatic heterocycles. The summed E-state index contributed by atoms with van der Waals surface area (Å²) in [6.07, 6.45) is 5.33. The average molecular weight is 226 g/mol. The zero-order valence-corrected chi connectivity index (χ0v) is 9.37. The van der Waals surface area contributed by atoms with Gasteiger partial charge in [-0.2, -0.15) is 0 Å². The van der Waals surface area contributed by atoms with Crippen molar-refractivity contribution >= 4 is 0 Å². The number of hydrogen-bond donors (Lipinski definition) is 0. The van der Waals surface area contributed by atoms with Gasteiger partial charge < -0.3 is 10.6 Å². The predicted molar refractivity (Wildman–Crippen MR) is 46.9 cm³/mol. The van der Waals surface area contributed by atoms with Crippen LogP contribution in [-0.2, 0) is 20.2 Å². The Morgan fingerprint density at radius 1 is 0.692 bits per heavy atom. The van der Waals surface area contributed by atoms with E-state index in [0.29, 0.717) is 0 Å². The Hall–Kier alpha value is 0.494. The molecule has 78 valence electrons. The van der Waals surface area contributed by atoms with Crippen LogP contribution in [0.4, 0.5) is 6.18 Å². The average Bonchev–Trinajstić information content (AvgIpc) is 2.85. The van der Waals surface area contributed by atoms with Crippen molar-refractivity contribution in [3.05, 3.63) is 10.6 Å². The molecule has 0 unspecified atom stereocenters. The van der Waals surface area contributed by atoms with E-state index in [0.717, 1.165) is 26.2 Å². The molecule has 0 aromatic carbocycles. The predicted octanol–water partition coefficient (Wildman–Crippen LogP) is 3.15. The van der Waals surface area contributed by atoms with Gasteiger partial charge in [0.2, 0.25) is 0 Å². The fraction of sp³-hybridized carbons (Fsp3) is 1.00. The van der Waals surface area contributed by atoms with E-state index in [1.165, 1.54) is 25.7 Å². The first kappa shape index (κ1) is 13.5. The Balaban J connectivity index is 0.000000174. The second kappa shape index (κ2) is 12.5. The summed E-state index contributed by atoms with van der Waals surface area (Å²) in [6, 6.07) is 0. The summed E-state index contributed by atoms with van der Waals surface area (Å²) >= 11 is -2.50. The standard InChI is InChI=1S/2C4H8N.2FH.Ti/c2*1-2-4-5-3-1;;;/h2*1-4H2;2*1H;/q2*-1;;;+2/p-2. The van der Waals surface area contributed by atoms with Crippen molar-refractivity contribution in [3.63, 3.8) is 0 Å². The fourth-order valence-electron chi connectivity index (χ4n) is 1.12. The number of hydrogen-bond acceptors (Lipinski definition) is 0. The van der Waals surface area contributed by atoms with E-state index in [2.05, 4.69) is 10.6 Å². The normalized spacial score (nSPS) is 19.5. The van der Waals surface area contributed by atoms with Gasteiger partial charge in [0.1, 0.15) is 0 Å². The maximum atomic E-state index is 9.75. The van der Waals surface area contributed by atoms with Gasteiger partial charge >= 0.3 is 26.4 Å². The van der Waals surface area contributed by atoms with Crippen LogP contribution in [0.15, 0.2) is 0 Å². The molecule has 0 saturated carbocycles. The molecule has 0 aliphatic carbocycles. The molecule has 0 N–H and O–H groups in total. The van der Waals surface area contributed by atoms with E-state index in [9.17, 15) is 6.18 Å². The molecule has 5 heteroatoms. The first-order chi connectivity index (χ1) is 6.41. The van der Waals surface area contributed by atoms with Gasteiger partial charge in [-0.15, -0.1) is 26.2 Å². The second-order valence-electron chi connectivity index (χ2n) is 2.83. The van der Waals surface area contributed by atoms with Crippen LogP contribution in [-0.4, -0.2) is 26.2 Å². The van der Waals surface area contributed by atoms with E-state index in [4.69, 9.17) is 0 Å². The van der Waals surface area contributed by atoms with E-state index < -0.39 is 20.2 Å². The summed E-state index contributed by atoms with van der Waals surface area (Å²) in [5.74, 6) is 0. The van der Waals surface area contributed by atoms with Gasteiger partial charge in [-0.3, -0.25) is 0 Å². The molecule has 2 aliphatic heterocycles. The molecular formula is C8H16F2N2Ti-2. The summed E-state index contributed by atoms with van der Waals surface area (Å²) in [5.41, 5.74) is 0. The minimum atomic E-state index is -2.50. The van der Waals surface area contributed by atoms with Crippen molar-refractivity contribution in [1.29, 1.82) is 0 Å². The van der Waals surface area contributed by atoms with Crippen molar-refractivity contribution in [2.45, 2.75) is 25.7 Å². The van der Waals surface area contributed by atoms with Crippen LogP contribution in [0.5, 0.6) is 0 Å². The molecule has 0 bridgehead atoms. The van der Waals surface area contributed by atoms with Gasteiger partial charge in [-0.05, 0) is 0 Å². The number of rotatable bonds is 0. The van der Waals surface area contributed by atoms with Gasteiger partial charge in [0.05, 0.1) is 0 Å². The fourth-order valence-corrected chi connectivity index (χ4v) is 1.12. The summed E-state index contributed by atoms with van der Waals surface area (Å²) in [5, 5.41) is 8.17. The van der Waals surface area contributed by atoms with E-state index in [-0.39, 0.29) is 0 Å². The Morgan fingerprint density at radius 2 is 0.923 bits per heavy atom. The molecule has 2 rings (SSSR count). The SMILES string of the molecule is C1CC[N-]C1.C1CC[N-]C1.[F][Ti][F]. The zero-order chi connectivity index (χ0) is 9.78. The Kier molecular flexibility index (Phi) is 13.0. The van der Waals surface area contributed by atoms with Crippen LogP contribution in [0, 0.1) is 0 Å². The molecule has 0 aromatic rings. The van der Waals surface area contributed by atoms with Crippen molar-refractivity contribution in [2.75, 3.05) is 26.2 Å². The quantitative estimate of drug-likeness (QED) is 0.567. The van der Waals surface area contributed by atoms with Crippen LogP contribution in [0.25, 0.3) is 10.6 Å². The van der Waals surface area contributed by atoms with Crippen molar-refractivity contribution in [2.24, 2.45) is 0 Å². The minimum absolute atomic E-state index is 1.12. The summed E-state index contributed by atoms with van der Waals surface area (Å²) in [7, 11) is 0. The third-order valence-corrected chi connectivity index (χ3v) is 1.76. The maximum absolute atomic E-state index is 9.75. The summed E-state index contributed by atoms with van der Waals surface area (Å²) < 4.78 is 19.5. The van der Waals surface area contributed by atoms with Gasteiger partial charge in [0.15, 0.2) is 0 Å². The molecule has 13 heavy (non-hydrogen) atoms. The summed E-state index contributed by atoms with van der Waals surface area (Å²) in [4.78, 5) is 0. The van der Waals surface area contributed by atoms with E-state index in [1.807, 2.05) is 0 Å². The van der Waals surface area contributed by atoms with Crippen LogP contribution in [0.1, 0.15) is 25.7 Å². The van der Waals surface area contributed by atoms with Crippen molar-refractivity contribution in [1.82, 2.24) is 0 Å². The van der Waals surface area contributed by atoms with E-state index in [1.54, 1.807) is 0 Å². The molecule has 2 aliphatic rings. The molecule has 0 amide bonds. The molecule has 0 radical (unpaired) electrons. The third kappa shape index (κ3) is 12.5. The van der Waals surface area contributed by atoms with Gasteiger partial charge in [0.25, 0.3) is 0 Å². The molecular weight excluding hydrogens is 210 g/mol. The number of halogens is 2. The Bertz CT molecular complexity index is 63.0. The van der Waals surface area contributed by atoms with Crippen molar-refractivity contribution in [3.8, 4) is 0 Å². The van der Waals surface area contributed by atoms with E-state index >= 15 is 0 Å². The summed E-state index contributed by atoms with van der Waals surface area (Å²) in [6.45, 7) is 4.50. The molecule has 2 heterocycles. The second-order valence-corrected chi connectivity index (χ2v) is 3.05. The Morgan fingerprint density at radius 3 is 1.00 bits per heavy atom. The molecule has 0 spiro atoms. The van der Waals surface area contributed by atoms with Crippen molar-refractivity contribution < 1.29 is 26.4 Å². The first-order valence-corrected chi connectivity index (χ1v) is 5.82. The van der Waals surface area contributed by atoms with Gasteiger partial charge in [0, 0.05) is 0 Å². The van der Waals surface area contributed by atoms with Crippen LogP contribution in [0.2, 0.25) is 0 Å². The molecule has 2 nitrogen and oxygen atoms in total. The number of nitrogens with zero attached hydrogens (tertiary/aromatic N) is 2. The molecule has 2 fully saturated rings.